The summed E-state index contributed by atoms with van der Waals surface area (Å²) < 4.78 is 0. The predicted molar refractivity (Wildman–Crippen MR) is 113 cm³/mol. The molecule has 0 bridgehead atoms. The Morgan fingerprint density at radius 1 is 0.692 bits per heavy atom. The molecule has 0 aliphatic heterocycles. The smallest absolute Gasteiger partial charge is 0.0725 e. The van der Waals surface area contributed by atoms with Crippen molar-refractivity contribution in [3.63, 3.8) is 0 Å². The summed E-state index contributed by atoms with van der Waals surface area (Å²) in [6, 6.07) is 26.2. The molecule has 0 amide bonds. The molecular formula is C23H15Cl2N. The van der Waals surface area contributed by atoms with Crippen LogP contribution in [0.25, 0.3) is 34.2 Å². The Bertz CT molecular complexity index is 1080. The van der Waals surface area contributed by atoms with Crippen LogP contribution in [0, 0.1) is 0 Å². The van der Waals surface area contributed by atoms with Crippen LogP contribution in [0.1, 0.15) is 11.3 Å². The first kappa shape index (κ1) is 16.8. The third-order valence-corrected chi connectivity index (χ3v) is 4.75. The van der Waals surface area contributed by atoms with Gasteiger partial charge in [0.15, 0.2) is 0 Å². The van der Waals surface area contributed by atoms with Crippen LogP contribution in [-0.4, -0.2) is 4.98 Å². The Morgan fingerprint density at radius 3 is 2.19 bits per heavy atom. The number of rotatable bonds is 3. The van der Waals surface area contributed by atoms with Crippen LogP contribution < -0.4 is 0 Å². The van der Waals surface area contributed by atoms with Gasteiger partial charge in [-0.15, -0.1) is 0 Å². The first-order chi connectivity index (χ1) is 12.7. The Morgan fingerprint density at radius 2 is 1.42 bits per heavy atom. The van der Waals surface area contributed by atoms with Crippen LogP contribution in [-0.2, 0) is 0 Å². The maximum absolute atomic E-state index is 6.37. The van der Waals surface area contributed by atoms with Crippen molar-refractivity contribution in [1.82, 2.24) is 4.98 Å². The number of benzene rings is 3. The monoisotopic (exact) mass is 375 g/mol. The highest BCUT2D eigenvalue weighted by Gasteiger charge is 2.03. The Hall–Kier alpha value is -2.61. The number of aromatic nitrogens is 1. The molecule has 4 rings (SSSR count). The van der Waals surface area contributed by atoms with Gasteiger partial charge in [-0.25, -0.2) is 4.98 Å². The minimum atomic E-state index is 0.650. The van der Waals surface area contributed by atoms with E-state index in [0.717, 1.165) is 22.2 Å². The highest BCUT2D eigenvalue weighted by Crippen LogP contribution is 2.27. The van der Waals surface area contributed by atoms with Crippen molar-refractivity contribution in [3.8, 4) is 11.1 Å². The SMILES string of the molecule is Clc1ccc2nc(/C=C/c3ccc(-c4ccccc4)cc3)cc(Cl)c2c1. The summed E-state index contributed by atoms with van der Waals surface area (Å²) in [6.07, 6.45) is 4.01. The molecule has 0 aliphatic rings. The van der Waals surface area contributed by atoms with Crippen LogP contribution in [0.4, 0.5) is 0 Å². The van der Waals surface area contributed by atoms with Crippen LogP contribution in [0.5, 0.6) is 0 Å². The maximum atomic E-state index is 6.37. The van der Waals surface area contributed by atoms with E-state index in [1.165, 1.54) is 11.1 Å². The molecule has 0 fully saturated rings. The van der Waals surface area contributed by atoms with Crippen LogP contribution in [0.2, 0.25) is 10.0 Å². The number of hydrogen-bond acceptors (Lipinski definition) is 1. The van der Waals surface area contributed by atoms with Gasteiger partial charge in [-0.05, 0) is 47.0 Å². The van der Waals surface area contributed by atoms with Crippen molar-refractivity contribution < 1.29 is 0 Å². The fourth-order valence-corrected chi connectivity index (χ4v) is 3.30. The van der Waals surface area contributed by atoms with Gasteiger partial charge in [-0.2, -0.15) is 0 Å². The quantitative estimate of drug-likeness (QED) is 0.363. The minimum Gasteiger partial charge on any atom is -0.248 e. The average Bonchev–Trinajstić information content (AvgIpc) is 2.68. The van der Waals surface area contributed by atoms with Crippen molar-refractivity contribution >= 4 is 46.3 Å². The molecule has 0 atom stereocenters. The molecule has 0 radical (unpaired) electrons. The first-order valence-corrected chi connectivity index (χ1v) is 9.04. The van der Waals surface area contributed by atoms with Gasteiger partial charge < -0.3 is 0 Å². The number of fused-ring (bicyclic) bond motifs is 1. The van der Waals surface area contributed by atoms with E-state index in [1.807, 2.05) is 54.6 Å². The summed E-state index contributed by atoms with van der Waals surface area (Å²) in [5, 5.41) is 2.17. The van der Waals surface area contributed by atoms with Gasteiger partial charge in [0, 0.05) is 10.4 Å². The van der Waals surface area contributed by atoms with Gasteiger partial charge in [0.05, 0.1) is 16.2 Å². The van der Waals surface area contributed by atoms with Crippen molar-refractivity contribution in [3.05, 3.63) is 100 Å². The standard InChI is InChI=1S/C23H15Cl2N/c24-19-11-13-23-21(14-19)22(25)15-20(26-23)12-8-16-6-9-18(10-7-16)17-4-2-1-3-5-17/h1-15H/b12-8+. The molecule has 4 aromatic rings. The number of nitrogens with zero attached hydrogens (tertiary/aromatic N) is 1. The zero-order chi connectivity index (χ0) is 17.9. The van der Waals surface area contributed by atoms with Crippen LogP contribution in [0.3, 0.4) is 0 Å². The summed E-state index contributed by atoms with van der Waals surface area (Å²) in [5.41, 5.74) is 5.17. The summed E-state index contributed by atoms with van der Waals surface area (Å²) >= 11 is 12.4. The second kappa shape index (κ2) is 7.33. The summed E-state index contributed by atoms with van der Waals surface area (Å²) in [6.45, 7) is 0. The zero-order valence-electron chi connectivity index (χ0n) is 13.9. The molecule has 126 valence electrons. The predicted octanol–water partition coefficient (Wildman–Crippen LogP) is 7.38. The van der Waals surface area contributed by atoms with E-state index in [9.17, 15) is 0 Å². The van der Waals surface area contributed by atoms with E-state index < -0.39 is 0 Å². The van der Waals surface area contributed by atoms with Gasteiger partial charge in [0.1, 0.15) is 0 Å². The third-order valence-electron chi connectivity index (χ3n) is 4.20. The molecular weight excluding hydrogens is 361 g/mol. The van der Waals surface area contributed by atoms with E-state index in [2.05, 4.69) is 41.4 Å². The van der Waals surface area contributed by atoms with Crippen molar-refractivity contribution in [2.45, 2.75) is 0 Å². The molecule has 3 heteroatoms. The third kappa shape index (κ3) is 3.65. The lowest BCUT2D eigenvalue weighted by Gasteiger charge is -2.04. The van der Waals surface area contributed by atoms with Gasteiger partial charge in [-0.1, -0.05) is 83.9 Å². The van der Waals surface area contributed by atoms with Crippen molar-refractivity contribution in [2.75, 3.05) is 0 Å². The molecule has 3 aromatic carbocycles. The normalized spacial score (nSPS) is 11.3. The maximum Gasteiger partial charge on any atom is 0.0725 e. The van der Waals surface area contributed by atoms with Crippen LogP contribution >= 0.6 is 23.2 Å². The van der Waals surface area contributed by atoms with Gasteiger partial charge in [0.25, 0.3) is 0 Å². The van der Waals surface area contributed by atoms with E-state index in [1.54, 1.807) is 0 Å². The number of hydrogen-bond donors (Lipinski definition) is 0. The van der Waals surface area contributed by atoms with Gasteiger partial charge in [0.2, 0.25) is 0 Å². The largest absolute Gasteiger partial charge is 0.248 e. The highest BCUT2D eigenvalue weighted by molar-refractivity contribution is 6.36. The van der Waals surface area contributed by atoms with Crippen molar-refractivity contribution in [1.29, 1.82) is 0 Å². The second-order valence-corrected chi connectivity index (χ2v) is 6.86. The van der Waals surface area contributed by atoms with Crippen molar-refractivity contribution in [2.24, 2.45) is 0 Å². The highest BCUT2D eigenvalue weighted by atomic mass is 35.5. The van der Waals surface area contributed by atoms with E-state index in [-0.39, 0.29) is 0 Å². The molecule has 0 saturated carbocycles. The Balaban J connectivity index is 1.60. The molecule has 26 heavy (non-hydrogen) atoms. The topological polar surface area (TPSA) is 12.9 Å². The second-order valence-electron chi connectivity index (χ2n) is 6.01. The lowest BCUT2D eigenvalue weighted by molar-refractivity contribution is 1.37. The fraction of sp³-hybridized carbons (Fsp3) is 0. The molecule has 1 heterocycles. The summed E-state index contributed by atoms with van der Waals surface area (Å²) in [7, 11) is 0. The Labute approximate surface area is 162 Å². The van der Waals surface area contributed by atoms with E-state index in [0.29, 0.717) is 10.0 Å². The van der Waals surface area contributed by atoms with Gasteiger partial charge in [-0.3, -0.25) is 0 Å². The van der Waals surface area contributed by atoms with Crippen LogP contribution in [0.15, 0.2) is 78.9 Å². The Kier molecular flexibility index (Phi) is 4.75. The van der Waals surface area contributed by atoms with E-state index in [4.69, 9.17) is 23.2 Å². The van der Waals surface area contributed by atoms with E-state index >= 15 is 0 Å². The molecule has 1 aromatic heterocycles. The molecule has 0 aliphatic carbocycles. The molecule has 0 spiro atoms. The van der Waals surface area contributed by atoms with Gasteiger partial charge >= 0.3 is 0 Å². The zero-order valence-corrected chi connectivity index (χ0v) is 15.4. The molecule has 0 N–H and O–H groups in total. The molecule has 1 nitrogen and oxygen atoms in total. The summed E-state index contributed by atoms with van der Waals surface area (Å²) in [4.78, 5) is 4.63. The minimum absolute atomic E-state index is 0.650. The number of pyridine rings is 1. The lowest BCUT2D eigenvalue weighted by Crippen LogP contribution is -1.85. The average molecular weight is 376 g/mol. The molecule has 0 unspecified atom stereocenters. The first-order valence-electron chi connectivity index (χ1n) is 8.28. The fourth-order valence-electron chi connectivity index (χ4n) is 2.86. The lowest BCUT2D eigenvalue weighted by atomic mass is 10.0. The summed E-state index contributed by atoms with van der Waals surface area (Å²) in [5.74, 6) is 0. The number of halogens is 2. The molecule has 0 saturated heterocycles.